The van der Waals surface area contributed by atoms with E-state index in [1.54, 1.807) is 24.3 Å². The summed E-state index contributed by atoms with van der Waals surface area (Å²) in [6, 6.07) is 16.6. The Morgan fingerprint density at radius 2 is 1.94 bits per heavy atom. The summed E-state index contributed by atoms with van der Waals surface area (Å²) in [5.41, 5.74) is 6.93. The second-order valence-corrected chi connectivity index (χ2v) is 7.81. The van der Waals surface area contributed by atoms with Gasteiger partial charge in [-0.15, -0.1) is 0 Å². The van der Waals surface area contributed by atoms with Crippen LogP contribution in [0.25, 0.3) is 10.9 Å². The molecule has 31 heavy (non-hydrogen) atoms. The van der Waals surface area contributed by atoms with Crippen LogP contribution in [-0.2, 0) is 4.79 Å². The number of nitrogens with two attached hydrogens (primary N) is 1. The predicted octanol–water partition coefficient (Wildman–Crippen LogP) is 3.73. The van der Waals surface area contributed by atoms with Gasteiger partial charge in [-0.25, -0.2) is 4.98 Å². The second-order valence-electron chi connectivity index (χ2n) is 7.81. The number of carbonyl (C=O) groups excluding carboxylic acids is 2. The molecule has 1 atom stereocenters. The van der Waals surface area contributed by atoms with Crippen molar-refractivity contribution in [1.82, 2.24) is 4.98 Å². The van der Waals surface area contributed by atoms with E-state index in [1.807, 2.05) is 24.3 Å². The first-order chi connectivity index (χ1) is 15.0. The van der Waals surface area contributed by atoms with Gasteiger partial charge < -0.3 is 20.7 Å². The molecule has 1 aromatic heterocycles. The van der Waals surface area contributed by atoms with Crippen molar-refractivity contribution in [2.24, 2.45) is 5.73 Å². The Balaban J connectivity index is 1.46. The Kier molecular flexibility index (Phi) is 6.02. The Morgan fingerprint density at radius 3 is 2.68 bits per heavy atom. The van der Waals surface area contributed by atoms with Crippen molar-refractivity contribution in [3.8, 4) is 5.75 Å². The van der Waals surface area contributed by atoms with Gasteiger partial charge in [0.1, 0.15) is 17.1 Å². The van der Waals surface area contributed by atoms with E-state index in [9.17, 15) is 9.59 Å². The first-order valence-electron chi connectivity index (χ1n) is 10.5. The van der Waals surface area contributed by atoms with Crippen molar-refractivity contribution in [2.45, 2.75) is 32.2 Å². The van der Waals surface area contributed by atoms with Gasteiger partial charge in [0, 0.05) is 29.2 Å². The summed E-state index contributed by atoms with van der Waals surface area (Å²) in [5, 5.41) is 3.72. The van der Waals surface area contributed by atoms with Gasteiger partial charge in [0.05, 0.1) is 0 Å². The van der Waals surface area contributed by atoms with Crippen LogP contribution in [0.15, 0.2) is 54.6 Å². The van der Waals surface area contributed by atoms with E-state index >= 15 is 0 Å². The van der Waals surface area contributed by atoms with E-state index in [2.05, 4.69) is 23.2 Å². The summed E-state index contributed by atoms with van der Waals surface area (Å²) in [6.45, 7) is 3.08. The number of amides is 2. The lowest BCUT2D eigenvalue weighted by atomic mass is 10.0. The third-order valence-corrected chi connectivity index (χ3v) is 5.58. The van der Waals surface area contributed by atoms with E-state index in [0.717, 1.165) is 23.3 Å². The fourth-order valence-corrected chi connectivity index (χ4v) is 3.88. The van der Waals surface area contributed by atoms with Crippen LogP contribution >= 0.6 is 0 Å². The fraction of sp³-hybridized carbons (Fsp3) is 0.292. The molecule has 1 saturated heterocycles. The Bertz CT molecular complexity index is 1100. The number of nitrogens with zero attached hydrogens (tertiary/aromatic N) is 2. The molecule has 1 fully saturated rings. The molecule has 4 rings (SSSR count). The van der Waals surface area contributed by atoms with E-state index in [4.69, 9.17) is 15.5 Å². The highest BCUT2D eigenvalue weighted by Crippen LogP contribution is 2.29. The van der Waals surface area contributed by atoms with Gasteiger partial charge in [0.25, 0.3) is 5.91 Å². The number of hydrogen-bond acceptors (Lipinski definition) is 5. The number of benzene rings is 2. The maximum Gasteiger partial charge on any atom is 0.262 e. The molecule has 160 valence electrons. The summed E-state index contributed by atoms with van der Waals surface area (Å²) >= 11 is 0. The van der Waals surface area contributed by atoms with Crippen molar-refractivity contribution < 1.29 is 14.3 Å². The normalized spacial score (nSPS) is 16.2. The molecule has 2 aromatic carbocycles. The molecule has 3 aromatic rings. The van der Waals surface area contributed by atoms with Crippen molar-refractivity contribution in [3.63, 3.8) is 0 Å². The number of carbonyl (C=O) groups is 2. The Hall–Kier alpha value is -3.61. The lowest BCUT2D eigenvalue weighted by Gasteiger charge is -2.34. The Morgan fingerprint density at radius 1 is 1.13 bits per heavy atom. The quantitative estimate of drug-likeness (QED) is 0.636. The standard InChI is InChI=1S/C24H26N4O3/c1-16-5-2-3-14-28(16)21-13-10-17-6-4-7-20(23(17)27-21)31-15-22(29)26-19-11-8-18(9-12-19)24(25)30/h4,6-13,16H,2-3,5,14-15H2,1H3,(H2,25,30)(H,26,29)/t16-/m1/s1. The lowest BCUT2D eigenvalue weighted by Crippen LogP contribution is -2.37. The number of rotatable bonds is 6. The molecule has 0 unspecified atom stereocenters. The Labute approximate surface area is 181 Å². The molecule has 7 heteroatoms. The van der Waals surface area contributed by atoms with Gasteiger partial charge >= 0.3 is 0 Å². The van der Waals surface area contributed by atoms with Crippen LogP contribution in [0.5, 0.6) is 5.75 Å². The van der Waals surface area contributed by atoms with Gasteiger partial charge in [-0.1, -0.05) is 12.1 Å². The first kappa shape index (κ1) is 20.7. The molecule has 1 aliphatic rings. The molecule has 2 heterocycles. The number of hydrogen-bond donors (Lipinski definition) is 2. The maximum absolute atomic E-state index is 12.3. The average molecular weight is 418 g/mol. The zero-order valence-electron chi connectivity index (χ0n) is 17.5. The zero-order valence-corrected chi connectivity index (χ0v) is 17.5. The molecule has 3 N–H and O–H groups in total. The molecule has 0 saturated carbocycles. The van der Waals surface area contributed by atoms with Gasteiger partial charge in [0.15, 0.2) is 6.61 Å². The number of primary amides is 1. The number of pyridine rings is 1. The molecular weight excluding hydrogens is 392 g/mol. The van der Waals surface area contributed by atoms with Crippen LogP contribution in [0.1, 0.15) is 36.5 Å². The van der Waals surface area contributed by atoms with E-state index in [-0.39, 0.29) is 12.5 Å². The number of para-hydroxylation sites is 1. The zero-order chi connectivity index (χ0) is 21.8. The van der Waals surface area contributed by atoms with Crippen molar-refractivity contribution in [3.05, 3.63) is 60.2 Å². The minimum absolute atomic E-state index is 0.150. The molecular formula is C24H26N4O3. The maximum atomic E-state index is 12.3. The van der Waals surface area contributed by atoms with Gasteiger partial charge in [-0.2, -0.15) is 0 Å². The SMILES string of the molecule is C[C@@H]1CCCCN1c1ccc2cccc(OCC(=O)Nc3ccc(C(N)=O)cc3)c2n1. The number of fused-ring (bicyclic) bond motifs is 1. The van der Waals surface area contributed by atoms with Crippen molar-refractivity contribution >= 4 is 34.2 Å². The number of piperidine rings is 1. The van der Waals surface area contributed by atoms with Crippen LogP contribution in [0, 0.1) is 0 Å². The van der Waals surface area contributed by atoms with Gasteiger partial charge in [-0.05, 0) is 68.7 Å². The molecule has 1 aliphatic heterocycles. The molecule has 7 nitrogen and oxygen atoms in total. The second kappa shape index (κ2) is 9.04. The van der Waals surface area contributed by atoms with Gasteiger partial charge in [0.2, 0.25) is 5.91 Å². The average Bonchev–Trinajstić information content (AvgIpc) is 2.78. The molecule has 2 amide bonds. The van der Waals surface area contributed by atoms with Crippen LogP contribution in [0.4, 0.5) is 11.5 Å². The monoisotopic (exact) mass is 418 g/mol. The number of anilines is 2. The molecule has 0 spiro atoms. The topological polar surface area (TPSA) is 97.5 Å². The highest BCUT2D eigenvalue weighted by atomic mass is 16.5. The van der Waals surface area contributed by atoms with E-state index < -0.39 is 5.91 Å². The lowest BCUT2D eigenvalue weighted by molar-refractivity contribution is -0.118. The summed E-state index contributed by atoms with van der Waals surface area (Å²) in [4.78, 5) is 30.7. The minimum atomic E-state index is -0.511. The molecule has 0 radical (unpaired) electrons. The van der Waals surface area contributed by atoms with E-state index in [1.165, 1.54) is 19.3 Å². The summed E-state index contributed by atoms with van der Waals surface area (Å²) < 4.78 is 5.82. The number of aromatic nitrogens is 1. The van der Waals surface area contributed by atoms with E-state index in [0.29, 0.717) is 23.0 Å². The third kappa shape index (κ3) is 4.77. The summed E-state index contributed by atoms with van der Waals surface area (Å²) in [5.74, 6) is 0.700. The third-order valence-electron chi connectivity index (χ3n) is 5.58. The first-order valence-corrected chi connectivity index (χ1v) is 10.5. The van der Waals surface area contributed by atoms with Crippen LogP contribution in [-0.4, -0.2) is 36.0 Å². The van der Waals surface area contributed by atoms with Crippen LogP contribution in [0.3, 0.4) is 0 Å². The molecule has 0 bridgehead atoms. The number of nitrogens with one attached hydrogen (secondary N) is 1. The number of ether oxygens (including phenoxy) is 1. The van der Waals surface area contributed by atoms with Crippen molar-refractivity contribution in [2.75, 3.05) is 23.4 Å². The summed E-state index contributed by atoms with van der Waals surface area (Å²) in [6.07, 6.45) is 3.58. The van der Waals surface area contributed by atoms with Crippen LogP contribution < -0.4 is 20.7 Å². The summed E-state index contributed by atoms with van der Waals surface area (Å²) in [7, 11) is 0. The minimum Gasteiger partial charge on any atom is -0.481 e. The molecule has 0 aliphatic carbocycles. The highest BCUT2D eigenvalue weighted by molar-refractivity contribution is 5.95. The van der Waals surface area contributed by atoms with Gasteiger partial charge in [-0.3, -0.25) is 9.59 Å². The predicted molar refractivity (Wildman–Crippen MR) is 121 cm³/mol. The fourth-order valence-electron chi connectivity index (χ4n) is 3.88. The highest BCUT2D eigenvalue weighted by Gasteiger charge is 2.20. The van der Waals surface area contributed by atoms with Crippen LogP contribution in [0.2, 0.25) is 0 Å². The largest absolute Gasteiger partial charge is 0.481 e. The van der Waals surface area contributed by atoms with Crippen molar-refractivity contribution in [1.29, 1.82) is 0 Å². The smallest absolute Gasteiger partial charge is 0.262 e.